The Hall–Kier alpha value is -0.830. The summed E-state index contributed by atoms with van der Waals surface area (Å²) >= 11 is 0. The fraction of sp³-hybridized carbons (Fsp3) is 0.727. The highest BCUT2D eigenvalue weighted by Gasteiger charge is 2.26. The van der Waals surface area contributed by atoms with Gasteiger partial charge >= 0.3 is 0 Å². The summed E-state index contributed by atoms with van der Waals surface area (Å²) in [6.45, 7) is 1.14. The molecular weight excluding hydrogens is 174 g/mol. The number of aromatic amines is 1. The maximum absolute atomic E-state index is 4.48. The molecule has 1 aliphatic carbocycles. The molecule has 1 unspecified atom stereocenters. The van der Waals surface area contributed by atoms with Crippen molar-refractivity contribution in [3.05, 3.63) is 17.7 Å². The minimum Gasteiger partial charge on any atom is -0.344 e. The van der Waals surface area contributed by atoms with Crippen LogP contribution >= 0.6 is 0 Å². The summed E-state index contributed by atoms with van der Waals surface area (Å²) in [7, 11) is 0. The Kier molecular flexibility index (Phi) is 2.05. The van der Waals surface area contributed by atoms with E-state index < -0.39 is 0 Å². The number of hydrogen-bond acceptors (Lipinski definition) is 2. The molecule has 1 aromatic heterocycles. The van der Waals surface area contributed by atoms with Crippen LogP contribution in [-0.4, -0.2) is 16.5 Å². The molecule has 0 bridgehead atoms. The Morgan fingerprint density at radius 1 is 1.21 bits per heavy atom. The first-order valence-corrected chi connectivity index (χ1v) is 5.71. The lowest BCUT2D eigenvalue weighted by Crippen LogP contribution is -2.27. The van der Waals surface area contributed by atoms with Crippen molar-refractivity contribution in [1.29, 1.82) is 0 Å². The molecule has 3 heteroatoms. The third-order valence-electron chi connectivity index (χ3n) is 3.27. The molecule has 3 nitrogen and oxygen atoms in total. The van der Waals surface area contributed by atoms with Crippen molar-refractivity contribution < 1.29 is 0 Å². The second-order valence-electron chi connectivity index (χ2n) is 4.50. The van der Waals surface area contributed by atoms with Gasteiger partial charge in [-0.05, 0) is 32.2 Å². The second-order valence-corrected chi connectivity index (χ2v) is 4.50. The molecule has 3 rings (SSSR count). The summed E-state index contributed by atoms with van der Waals surface area (Å²) in [6.07, 6.45) is 8.60. The van der Waals surface area contributed by atoms with Gasteiger partial charge in [0.2, 0.25) is 0 Å². The lowest BCUT2D eigenvalue weighted by atomic mass is 10.0. The summed E-state index contributed by atoms with van der Waals surface area (Å²) < 4.78 is 0. The van der Waals surface area contributed by atoms with E-state index in [4.69, 9.17) is 0 Å². The summed E-state index contributed by atoms with van der Waals surface area (Å²) in [6, 6.07) is 0.483. The maximum Gasteiger partial charge on any atom is 0.123 e. The zero-order valence-corrected chi connectivity index (χ0v) is 8.42. The van der Waals surface area contributed by atoms with Crippen LogP contribution in [0.3, 0.4) is 0 Å². The monoisotopic (exact) mass is 191 g/mol. The van der Waals surface area contributed by atoms with E-state index in [9.17, 15) is 0 Å². The van der Waals surface area contributed by atoms with Crippen molar-refractivity contribution in [2.45, 2.75) is 44.1 Å². The van der Waals surface area contributed by atoms with E-state index in [1.54, 1.807) is 0 Å². The van der Waals surface area contributed by atoms with Crippen molar-refractivity contribution in [2.24, 2.45) is 0 Å². The van der Waals surface area contributed by atoms with E-state index in [0.717, 1.165) is 18.3 Å². The molecule has 1 aliphatic heterocycles. The van der Waals surface area contributed by atoms with Gasteiger partial charge in [0, 0.05) is 17.8 Å². The highest BCUT2D eigenvalue weighted by Crippen LogP contribution is 2.39. The molecule has 76 valence electrons. The molecular formula is C11H17N3. The number of piperidine rings is 1. The van der Waals surface area contributed by atoms with Gasteiger partial charge in [0.25, 0.3) is 0 Å². The standard InChI is InChI=1S/C11H17N3/c1-2-6-12-9(3-1)11-13-7-10(14-11)8-4-5-8/h7-9,12H,1-6H2,(H,13,14). The SMILES string of the molecule is c1nc(C2CCCCN2)[nH]c1C1CC1. The van der Waals surface area contributed by atoms with Crippen LogP contribution in [0.4, 0.5) is 0 Å². The first-order valence-electron chi connectivity index (χ1n) is 5.71. The lowest BCUT2D eigenvalue weighted by Gasteiger charge is -2.21. The van der Waals surface area contributed by atoms with Gasteiger partial charge in [-0.2, -0.15) is 0 Å². The molecule has 1 atom stereocenters. The van der Waals surface area contributed by atoms with Gasteiger partial charge in [0.15, 0.2) is 0 Å². The van der Waals surface area contributed by atoms with E-state index in [-0.39, 0.29) is 0 Å². The molecule has 2 aliphatic rings. The van der Waals surface area contributed by atoms with Crippen molar-refractivity contribution in [1.82, 2.24) is 15.3 Å². The largest absolute Gasteiger partial charge is 0.344 e. The molecule has 0 amide bonds. The number of imidazole rings is 1. The van der Waals surface area contributed by atoms with Gasteiger partial charge in [-0.15, -0.1) is 0 Å². The highest BCUT2D eigenvalue weighted by atomic mass is 15.0. The number of H-pyrrole nitrogens is 1. The van der Waals surface area contributed by atoms with E-state index in [1.165, 1.54) is 37.8 Å². The number of nitrogens with zero attached hydrogens (tertiary/aromatic N) is 1. The van der Waals surface area contributed by atoms with Crippen LogP contribution in [0.2, 0.25) is 0 Å². The predicted octanol–water partition coefficient (Wildman–Crippen LogP) is 2.10. The predicted molar refractivity (Wildman–Crippen MR) is 55.2 cm³/mol. The van der Waals surface area contributed by atoms with Crippen LogP contribution < -0.4 is 5.32 Å². The number of aromatic nitrogens is 2. The molecule has 1 saturated carbocycles. The topological polar surface area (TPSA) is 40.7 Å². The Bertz CT molecular complexity index is 308. The Morgan fingerprint density at radius 2 is 2.14 bits per heavy atom. The molecule has 2 N–H and O–H groups in total. The zero-order valence-electron chi connectivity index (χ0n) is 8.42. The summed E-state index contributed by atoms with van der Waals surface area (Å²) in [5.41, 5.74) is 1.35. The average Bonchev–Trinajstić information content (AvgIpc) is 2.98. The van der Waals surface area contributed by atoms with Gasteiger partial charge in [0.1, 0.15) is 5.82 Å². The Morgan fingerprint density at radius 3 is 2.86 bits per heavy atom. The smallest absolute Gasteiger partial charge is 0.123 e. The maximum atomic E-state index is 4.48. The lowest BCUT2D eigenvalue weighted by molar-refractivity contribution is 0.399. The van der Waals surface area contributed by atoms with Crippen LogP contribution in [-0.2, 0) is 0 Å². The molecule has 0 radical (unpaired) electrons. The molecule has 14 heavy (non-hydrogen) atoms. The fourth-order valence-electron chi connectivity index (χ4n) is 2.22. The van der Waals surface area contributed by atoms with Crippen LogP contribution in [0, 0.1) is 0 Å². The van der Waals surface area contributed by atoms with Gasteiger partial charge < -0.3 is 10.3 Å². The third kappa shape index (κ3) is 1.57. The van der Waals surface area contributed by atoms with Crippen LogP contribution in [0.15, 0.2) is 6.20 Å². The summed E-state index contributed by atoms with van der Waals surface area (Å²) in [5, 5.41) is 3.51. The molecule has 2 fully saturated rings. The Balaban J connectivity index is 1.74. The molecule has 2 heterocycles. The van der Waals surface area contributed by atoms with Gasteiger partial charge in [-0.3, -0.25) is 0 Å². The van der Waals surface area contributed by atoms with Crippen molar-refractivity contribution >= 4 is 0 Å². The second kappa shape index (κ2) is 3.39. The number of rotatable bonds is 2. The zero-order chi connectivity index (χ0) is 9.38. The third-order valence-corrected chi connectivity index (χ3v) is 3.27. The summed E-state index contributed by atoms with van der Waals surface area (Å²) in [4.78, 5) is 7.95. The Labute approximate surface area is 84.3 Å². The summed E-state index contributed by atoms with van der Waals surface area (Å²) in [5.74, 6) is 1.95. The minimum atomic E-state index is 0.483. The quantitative estimate of drug-likeness (QED) is 0.751. The minimum absolute atomic E-state index is 0.483. The van der Waals surface area contributed by atoms with Crippen LogP contribution in [0.1, 0.15) is 55.6 Å². The van der Waals surface area contributed by atoms with Crippen LogP contribution in [0.5, 0.6) is 0 Å². The first kappa shape index (κ1) is 8.48. The van der Waals surface area contributed by atoms with Gasteiger partial charge in [0.05, 0.1) is 6.04 Å². The average molecular weight is 191 g/mol. The van der Waals surface area contributed by atoms with Crippen molar-refractivity contribution in [3.63, 3.8) is 0 Å². The molecule has 1 saturated heterocycles. The molecule has 0 spiro atoms. The van der Waals surface area contributed by atoms with Gasteiger partial charge in [-0.1, -0.05) is 6.42 Å². The number of nitrogens with one attached hydrogen (secondary N) is 2. The van der Waals surface area contributed by atoms with E-state index in [2.05, 4.69) is 15.3 Å². The van der Waals surface area contributed by atoms with Crippen molar-refractivity contribution in [3.8, 4) is 0 Å². The molecule has 1 aromatic rings. The van der Waals surface area contributed by atoms with Gasteiger partial charge in [-0.25, -0.2) is 4.98 Å². The number of hydrogen-bond donors (Lipinski definition) is 2. The normalized spacial score (nSPS) is 27.9. The first-order chi connectivity index (χ1) is 6.93. The van der Waals surface area contributed by atoms with E-state index in [0.29, 0.717) is 6.04 Å². The van der Waals surface area contributed by atoms with Crippen LogP contribution in [0.25, 0.3) is 0 Å². The highest BCUT2D eigenvalue weighted by molar-refractivity contribution is 5.14. The van der Waals surface area contributed by atoms with E-state index >= 15 is 0 Å². The fourth-order valence-corrected chi connectivity index (χ4v) is 2.22. The van der Waals surface area contributed by atoms with Crippen molar-refractivity contribution in [2.75, 3.05) is 6.54 Å². The van der Waals surface area contributed by atoms with E-state index in [1.807, 2.05) is 6.20 Å². The molecule has 0 aromatic carbocycles.